The summed E-state index contributed by atoms with van der Waals surface area (Å²) in [4.78, 5) is 0. The zero-order valence-electron chi connectivity index (χ0n) is 10.0. The lowest BCUT2D eigenvalue weighted by Gasteiger charge is -2.26. The lowest BCUT2D eigenvalue weighted by atomic mass is 10.0. The number of rotatable bonds is 2. The average Bonchev–Trinajstić information content (AvgIpc) is 2.01. The molecule has 0 nitrogen and oxygen atoms in total. The van der Waals surface area contributed by atoms with Gasteiger partial charge in [0.25, 0.3) is 0 Å². The molecule has 0 saturated carbocycles. The van der Waals surface area contributed by atoms with Gasteiger partial charge in [-0.1, -0.05) is 39.0 Å². The Morgan fingerprint density at radius 2 is 1.50 bits per heavy atom. The van der Waals surface area contributed by atoms with Gasteiger partial charge in [0.2, 0.25) is 0 Å². The van der Waals surface area contributed by atoms with Crippen molar-refractivity contribution in [3.8, 4) is 0 Å². The fourth-order valence-electron chi connectivity index (χ4n) is 2.11. The first-order chi connectivity index (χ1) is 6.31. The van der Waals surface area contributed by atoms with Gasteiger partial charge in [0, 0.05) is 7.26 Å². The van der Waals surface area contributed by atoms with E-state index in [1.165, 1.54) is 6.16 Å². The highest BCUT2D eigenvalue weighted by molar-refractivity contribution is 7.81. The smallest absolute Gasteiger partial charge is 0.0620 e. The summed E-state index contributed by atoms with van der Waals surface area (Å²) in [5.41, 5.74) is 0.438. The van der Waals surface area contributed by atoms with Crippen LogP contribution >= 0.6 is 7.26 Å². The van der Waals surface area contributed by atoms with E-state index in [2.05, 4.69) is 64.4 Å². The molecule has 0 radical (unpaired) electrons. The average molecular weight is 209 g/mol. The van der Waals surface area contributed by atoms with Gasteiger partial charge in [-0.3, -0.25) is 0 Å². The molecular weight excluding hydrogens is 187 g/mol. The molecule has 1 heteroatoms. The molecule has 14 heavy (non-hydrogen) atoms. The summed E-state index contributed by atoms with van der Waals surface area (Å²) in [5, 5.41) is 1.55. The quantitative estimate of drug-likeness (QED) is 0.652. The van der Waals surface area contributed by atoms with Gasteiger partial charge in [-0.25, -0.2) is 0 Å². The number of benzene rings is 1. The first kappa shape index (κ1) is 11.7. The predicted molar refractivity (Wildman–Crippen MR) is 69.2 cm³/mol. The van der Waals surface area contributed by atoms with E-state index in [4.69, 9.17) is 0 Å². The summed E-state index contributed by atoms with van der Waals surface area (Å²) in [6.45, 7) is 11.9. The summed E-state index contributed by atoms with van der Waals surface area (Å²) in [5.74, 6) is 0. The van der Waals surface area contributed by atoms with Crippen LogP contribution in [-0.2, 0) is 0 Å². The molecule has 0 aliphatic carbocycles. The standard InChI is InChI=1S/C13H22P/c1-13(2,3)11-14(4,5)12-9-7-6-8-10-12/h6-10H,11H2,1-5H3/q+1. The van der Waals surface area contributed by atoms with Crippen molar-refractivity contribution in [2.45, 2.75) is 20.8 Å². The van der Waals surface area contributed by atoms with E-state index in [1.54, 1.807) is 5.30 Å². The zero-order chi connectivity index (χ0) is 10.8. The second-order valence-electron chi connectivity index (χ2n) is 5.74. The van der Waals surface area contributed by atoms with Crippen molar-refractivity contribution in [3.05, 3.63) is 30.3 Å². The molecule has 0 spiro atoms. The van der Waals surface area contributed by atoms with E-state index in [1.807, 2.05) is 0 Å². The fourth-order valence-corrected chi connectivity index (χ4v) is 5.64. The molecule has 0 aliphatic rings. The van der Waals surface area contributed by atoms with Gasteiger partial charge in [-0.15, -0.1) is 0 Å². The number of hydrogen-bond acceptors (Lipinski definition) is 0. The van der Waals surface area contributed by atoms with Crippen molar-refractivity contribution in [1.29, 1.82) is 0 Å². The van der Waals surface area contributed by atoms with Crippen LogP contribution in [0, 0.1) is 5.41 Å². The highest BCUT2D eigenvalue weighted by Gasteiger charge is 2.33. The maximum Gasteiger partial charge on any atom is 0.0933 e. The minimum Gasteiger partial charge on any atom is -0.0620 e. The Hall–Kier alpha value is -0.350. The second-order valence-corrected chi connectivity index (χ2v) is 9.94. The third-order valence-corrected chi connectivity index (χ3v) is 5.76. The maximum absolute atomic E-state index is 2.44. The van der Waals surface area contributed by atoms with Crippen molar-refractivity contribution in [2.24, 2.45) is 5.41 Å². The van der Waals surface area contributed by atoms with Crippen LogP contribution in [0.4, 0.5) is 0 Å². The van der Waals surface area contributed by atoms with Gasteiger partial charge in [-0.2, -0.15) is 0 Å². The van der Waals surface area contributed by atoms with Crippen molar-refractivity contribution in [3.63, 3.8) is 0 Å². The molecule has 0 saturated heterocycles. The van der Waals surface area contributed by atoms with E-state index < -0.39 is 7.26 Å². The fraction of sp³-hybridized carbons (Fsp3) is 0.538. The number of hydrogen-bond donors (Lipinski definition) is 0. The van der Waals surface area contributed by atoms with Crippen LogP contribution in [0.1, 0.15) is 20.8 Å². The molecular formula is C13H22P+. The molecule has 0 N–H and O–H groups in total. The highest BCUT2D eigenvalue weighted by atomic mass is 31.2. The van der Waals surface area contributed by atoms with Crippen LogP contribution in [0.15, 0.2) is 30.3 Å². The van der Waals surface area contributed by atoms with Crippen LogP contribution in [0.5, 0.6) is 0 Å². The molecule has 0 heterocycles. The summed E-state index contributed by atoms with van der Waals surface area (Å²) in [6.07, 6.45) is 1.32. The predicted octanol–water partition coefficient (Wildman–Crippen LogP) is 3.64. The topological polar surface area (TPSA) is 0 Å². The third-order valence-electron chi connectivity index (χ3n) is 2.32. The van der Waals surface area contributed by atoms with E-state index in [-0.39, 0.29) is 0 Å². The molecule has 1 aromatic rings. The van der Waals surface area contributed by atoms with Gasteiger partial charge >= 0.3 is 0 Å². The van der Waals surface area contributed by atoms with Crippen molar-refractivity contribution < 1.29 is 0 Å². The van der Waals surface area contributed by atoms with E-state index in [9.17, 15) is 0 Å². The zero-order valence-corrected chi connectivity index (χ0v) is 10.9. The van der Waals surface area contributed by atoms with Crippen LogP contribution in [-0.4, -0.2) is 19.5 Å². The Morgan fingerprint density at radius 1 is 1.00 bits per heavy atom. The highest BCUT2D eigenvalue weighted by Crippen LogP contribution is 2.53. The molecule has 0 unspecified atom stereocenters. The molecule has 0 amide bonds. The summed E-state index contributed by atoms with van der Waals surface area (Å²) >= 11 is 0. The summed E-state index contributed by atoms with van der Waals surface area (Å²) in [7, 11) is -0.916. The van der Waals surface area contributed by atoms with Gasteiger partial charge in [0.15, 0.2) is 0 Å². The molecule has 1 rings (SSSR count). The third kappa shape index (κ3) is 3.42. The van der Waals surface area contributed by atoms with Crippen molar-refractivity contribution in [1.82, 2.24) is 0 Å². The second kappa shape index (κ2) is 4.03. The monoisotopic (exact) mass is 209 g/mol. The summed E-state index contributed by atoms with van der Waals surface area (Å²) < 4.78 is 0. The van der Waals surface area contributed by atoms with Crippen molar-refractivity contribution in [2.75, 3.05) is 19.5 Å². The van der Waals surface area contributed by atoms with Crippen LogP contribution < -0.4 is 5.30 Å². The van der Waals surface area contributed by atoms with Gasteiger partial charge in [0.1, 0.15) is 0 Å². The van der Waals surface area contributed by atoms with E-state index in [0.717, 1.165) is 0 Å². The molecule has 0 atom stereocenters. The lowest BCUT2D eigenvalue weighted by molar-refractivity contribution is 0.476. The Balaban J connectivity index is 2.86. The SMILES string of the molecule is CC(C)(C)C[P+](C)(C)c1ccccc1. The maximum atomic E-state index is 2.44. The van der Waals surface area contributed by atoms with E-state index >= 15 is 0 Å². The first-order valence-electron chi connectivity index (χ1n) is 5.20. The summed E-state index contributed by atoms with van der Waals surface area (Å²) in [6, 6.07) is 11.0. The van der Waals surface area contributed by atoms with Crippen LogP contribution in [0.3, 0.4) is 0 Å². The molecule has 0 aromatic heterocycles. The Bertz CT molecular complexity index is 280. The van der Waals surface area contributed by atoms with E-state index in [0.29, 0.717) is 5.41 Å². The van der Waals surface area contributed by atoms with Gasteiger partial charge < -0.3 is 0 Å². The molecule has 0 aliphatic heterocycles. The Kier molecular flexibility index (Phi) is 3.37. The minimum absolute atomic E-state index is 0.438. The lowest BCUT2D eigenvalue weighted by Crippen LogP contribution is -2.21. The molecule has 0 bridgehead atoms. The Morgan fingerprint density at radius 3 is 1.93 bits per heavy atom. The van der Waals surface area contributed by atoms with Gasteiger partial charge in [-0.05, 0) is 17.5 Å². The first-order valence-corrected chi connectivity index (χ1v) is 8.07. The molecule has 1 aromatic carbocycles. The minimum atomic E-state index is -0.916. The van der Waals surface area contributed by atoms with Gasteiger partial charge in [0.05, 0.1) is 24.8 Å². The largest absolute Gasteiger partial charge is 0.0933 e. The van der Waals surface area contributed by atoms with Crippen LogP contribution in [0.25, 0.3) is 0 Å². The molecule has 0 fully saturated rings. The van der Waals surface area contributed by atoms with Crippen LogP contribution in [0.2, 0.25) is 0 Å². The Labute approximate surface area is 89.1 Å². The normalized spacial score (nSPS) is 12.9. The molecule has 78 valence electrons. The van der Waals surface area contributed by atoms with Crippen molar-refractivity contribution >= 4 is 12.6 Å².